The van der Waals surface area contributed by atoms with Gasteiger partial charge in [0.1, 0.15) is 0 Å². The van der Waals surface area contributed by atoms with Crippen LogP contribution in [-0.4, -0.2) is 64.9 Å². The third-order valence-corrected chi connectivity index (χ3v) is 25.8. The largest absolute Gasteiger partial charge is 0.375 e. The van der Waals surface area contributed by atoms with Gasteiger partial charge >= 0.3 is 0 Å². The van der Waals surface area contributed by atoms with Gasteiger partial charge in [-0.2, -0.15) is 0 Å². The summed E-state index contributed by atoms with van der Waals surface area (Å²) in [6, 6.07) is 3.34. The van der Waals surface area contributed by atoms with Crippen LogP contribution in [0, 0.1) is 70.5 Å². The van der Waals surface area contributed by atoms with Gasteiger partial charge in [0.2, 0.25) is 0 Å². The molecule has 0 aromatic rings. The lowest BCUT2D eigenvalue weighted by atomic mass is 9.49. The van der Waals surface area contributed by atoms with Gasteiger partial charge in [0, 0.05) is 41.8 Å². The van der Waals surface area contributed by atoms with Crippen LogP contribution < -0.4 is 0 Å². The Kier molecular flexibility index (Phi) is 18.0. The van der Waals surface area contributed by atoms with Crippen molar-refractivity contribution in [3.05, 3.63) is 95.8 Å². The number of unbranched alkanes of at least 4 members (excludes halogenated alkanes) is 1. The van der Waals surface area contributed by atoms with Gasteiger partial charge in [-0.25, -0.2) is 0 Å². The van der Waals surface area contributed by atoms with Crippen molar-refractivity contribution >= 4 is 0 Å². The molecule has 434 valence electrons. The molecule has 0 amide bonds. The lowest BCUT2D eigenvalue weighted by molar-refractivity contribution is -0.0912. The van der Waals surface area contributed by atoms with E-state index in [-0.39, 0.29) is 0 Å². The Morgan fingerprint density at radius 1 is 0.709 bits per heavy atom. The number of hydrogen-bond donors (Lipinski definition) is 0. The summed E-state index contributed by atoms with van der Waals surface area (Å²) in [5, 5.41) is 0. The number of rotatable bonds is 17. The minimum absolute atomic E-state index is 0.297. The maximum absolute atomic E-state index is 7.12. The van der Waals surface area contributed by atoms with E-state index >= 15 is 0 Å². The van der Waals surface area contributed by atoms with Crippen molar-refractivity contribution in [1.82, 2.24) is 9.80 Å². The Hall–Kier alpha value is -2.40. The average molecular weight is 1070 g/mol. The second kappa shape index (κ2) is 25.4. The fraction of sp³-hybridized carbons (Fsp3) is 0.787. The fourth-order valence-corrected chi connectivity index (χ4v) is 22.2. The summed E-state index contributed by atoms with van der Waals surface area (Å²) in [4.78, 5) is 6.38. The molecule has 1 saturated heterocycles. The summed E-state index contributed by atoms with van der Waals surface area (Å²) in [7, 11) is 0. The van der Waals surface area contributed by atoms with E-state index in [4.69, 9.17) is 9.47 Å². The second-order valence-corrected chi connectivity index (χ2v) is 29.5. The van der Waals surface area contributed by atoms with Crippen LogP contribution in [0.15, 0.2) is 95.8 Å². The summed E-state index contributed by atoms with van der Waals surface area (Å²) in [6.45, 7) is 9.78. The number of ether oxygens (including phenoxy) is 2. The Morgan fingerprint density at radius 3 is 2.38 bits per heavy atom. The molecule has 6 fully saturated rings. The molecule has 5 saturated carbocycles. The van der Waals surface area contributed by atoms with Crippen LogP contribution in [0.3, 0.4) is 0 Å². The molecule has 0 N–H and O–H groups in total. The highest BCUT2D eigenvalue weighted by Crippen LogP contribution is 2.71. The van der Waals surface area contributed by atoms with E-state index < -0.39 is 0 Å². The number of nitrogens with zero attached hydrogens (tertiary/aromatic N) is 2. The molecular formula is C75H112N2O2. The first-order chi connectivity index (χ1) is 39.0. The van der Waals surface area contributed by atoms with Crippen molar-refractivity contribution in [3.8, 4) is 0 Å². The molecule has 16 unspecified atom stereocenters. The lowest BCUT2D eigenvalue weighted by Gasteiger charge is -2.57. The topological polar surface area (TPSA) is 24.9 Å². The molecule has 0 bridgehead atoms. The lowest BCUT2D eigenvalue weighted by Crippen LogP contribution is -2.53. The summed E-state index contributed by atoms with van der Waals surface area (Å²) < 4.78 is 14.0. The molecule has 4 nitrogen and oxygen atoms in total. The zero-order chi connectivity index (χ0) is 53.3. The quantitative estimate of drug-likeness (QED) is 0.136. The van der Waals surface area contributed by atoms with Crippen LogP contribution in [0.2, 0.25) is 0 Å². The molecule has 0 aromatic heterocycles. The zero-order valence-corrected chi connectivity index (χ0v) is 50.4. The standard InChI is InChI=1S/C75H112N2O2/c1-4-7-18-53(6-3)51-78-62-43-34-57(35-44-62)75(58-36-45-64(46-37-58)79-63-41-29-52(5-2)30-42-63)70-26-15-13-24-66(70)67-47-40-61(50-71(67)75)76(72-28-17-20-55-19-11-12-23-65(55)72)60-38-31-54(32-39-60)56-33-48-74-69(49-56)68-25-14-16-27-73(68)77(74)59-21-9-8-10-22-59/h5,8-9,25,29,33-34,40,43,47-48,53-64,66-67,69-71,73-74H,2,4,6-7,10-24,26-28,30-32,35-39,41-42,44-46,49-51H2,1,3H3. The molecule has 0 aromatic carbocycles. The highest BCUT2D eigenvalue weighted by molar-refractivity contribution is 5.33. The second-order valence-electron chi connectivity index (χ2n) is 29.5. The normalized spacial score (nSPS) is 43.5. The Bertz CT molecular complexity index is 2280. The van der Waals surface area contributed by atoms with Crippen molar-refractivity contribution in [1.29, 1.82) is 0 Å². The van der Waals surface area contributed by atoms with Gasteiger partial charge in [0.05, 0.1) is 24.9 Å². The molecule has 13 rings (SSSR count). The number of allylic oxidation sites excluding steroid dienone is 9. The van der Waals surface area contributed by atoms with Gasteiger partial charge in [0.15, 0.2) is 0 Å². The smallest absolute Gasteiger partial charge is 0.0756 e. The number of likely N-dealkylation sites (tertiary alicyclic amines) is 1. The number of fused-ring (bicyclic) bond motifs is 7. The predicted molar refractivity (Wildman–Crippen MR) is 329 cm³/mol. The first-order valence-corrected chi connectivity index (χ1v) is 35.3. The van der Waals surface area contributed by atoms with Crippen molar-refractivity contribution in [2.24, 2.45) is 70.5 Å². The Morgan fingerprint density at radius 2 is 1.58 bits per heavy atom. The van der Waals surface area contributed by atoms with E-state index in [1.54, 1.807) is 0 Å². The molecule has 1 heterocycles. The maximum atomic E-state index is 7.12. The minimum Gasteiger partial charge on any atom is -0.375 e. The number of hydrogen-bond acceptors (Lipinski definition) is 4. The summed E-state index contributed by atoms with van der Waals surface area (Å²) >= 11 is 0. The SMILES string of the molecule is C=CC1=CCC(OC2CCC(C3(C4C=CC(OCC(CC)CCCC)CC4)C4CC(N(C5=C6CCCCC6CCC5)C5CCC(C6C=CC7C(C6)C6=CCCCC6N7C6CC=CCC6)CC5)C=CC4C4CCCCC43)CC2)CC1. The van der Waals surface area contributed by atoms with Crippen molar-refractivity contribution in [3.63, 3.8) is 0 Å². The van der Waals surface area contributed by atoms with Crippen LogP contribution in [0.4, 0.5) is 0 Å². The monoisotopic (exact) mass is 1070 g/mol. The van der Waals surface area contributed by atoms with Gasteiger partial charge in [-0.15, -0.1) is 0 Å². The van der Waals surface area contributed by atoms with Gasteiger partial charge in [0.25, 0.3) is 0 Å². The Balaban J connectivity index is 0.787. The van der Waals surface area contributed by atoms with Gasteiger partial charge in [-0.3, -0.25) is 4.90 Å². The van der Waals surface area contributed by atoms with Crippen molar-refractivity contribution in [2.45, 2.75) is 294 Å². The third-order valence-electron chi connectivity index (χ3n) is 25.8. The fourth-order valence-electron chi connectivity index (χ4n) is 22.2. The molecular weight excluding hydrogens is 961 g/mol. The van der Waals surface area contributed by atoms with Crippen molar-refractivity contribution < 1.29 is 9.47 Å². The summed E-state index contributed by atoms with van der Waals surface area (Å²) in [5.41, 5.74) is 7.51. The maximum Gasteiger partial charge on any atom is 0.0756 e. The van der Waals surface area contributed by atoms with E-state index in [9.17, 15) is 0 Å². The molecule has 13 aliphatic rings. The van der Waals surface area contributed by atoms with Crippen LogP contribution in [-0.2, 0) is 9.47 Å². The molecule has 0 radical (unpaired) electrons. The van der Waals surface area contributed by atoms with Gasteiger partial charge in [-0.1, -0.05) is 137 Å². The van der Waals surface area contributed by atoms with E-state index in [1.165, 1.54) is 224 Å². The average Bonchev–Trinajstić information content (AvgIpc) is 3.36. The first-order valence-electron chi connectivity index (χ1n) is 35.3. The predicted octanol–water partition coefficient (Wildman–Crippen LogP) is 19.1. The Labute approximate surface area is 483 Å². The summed E-state index contributed by atoms with van der Waals surface area (Å²) in [6.07, 6.45) is 79.1. The highest BCUT2D eigenvalue weighted by Gasteiger charge is 2.66. The first kappa shape index (κ1) is 55.8. The van der Waals surface area contributed by atoms with Crippen LogP contribution in [0.25, 0.3) is 0 Å². The highest BCUT2D eigenvalue weighted by atomic mass is 16.5. The third kappa shape index (κ3) is 11.2. The van der Waals surface area contributed by atoms with Crippen LogP contribution in [0.5, 0.6) is 0 Å². The molecule has 79 heavy (non-hydrogen) atoms. The zero-order valence-electron chi connectivity index (χ0n) is 50.4. The van der Waals surface area contributed by atoms with Gasteiger partial charge in [-0.05, 0) is 263 Å². The van der Waals surface area contributed by atoms with E-state index in [0.717, 1.165) is 78.8 Å². The van der Waals surface area contributed by atoms with E-state index in [2.05, 4.69) is 97.1 Å². The van der Waals surface area contributed by atoms with E-state index in [1.807, 2.05) is 16.8 Å². The van der Waals surface area contributed by atoms with Crippen LogP contribution >= 0.6 is 0 Å². The summed E-state index contributed by atoms with van der Waals surface area (Å²) in [5.74, 6) is 8.63. The molecule has 12 aliphatic carbocycles. The molecule has 1 aliphatic heterocycles. The van der Waals surface area contributed by atoms with Crippen molar-refractivity contribution in [2.75, 3.05) is 6.61 Å². The molecule has 4 heteroatoms. The van der Waals surface area contributed by atoms with E-state index in [0.29, 0.717) is 59.7 Å². The van der Waals surface area contributed by atoms with Crippen LogP contribution in [0.1, 0.15) is 245 Å². The molecule has 0 spiro atoms. The molecule has 16 atom stereocenters. The van der Waals surface area contributed by atoms with Gasteiger partial charge < -0.3 is 14.4 Å². The minimum atomic E-state index is 0.297.